The number of nitrogens with zero attached hydrogens (tertiary/aromatic N) is 5. The van der Waals surface area contributed by atoms with E-state index in [1.165, 1.54) is 18.2 Å². The van der Waals surface area contributed by atoms with Gasteiger partial charge in [-0.1, -0.05) is 17.7 Å². The quantitative estimate of drug-likeness (QED) is 0.182. The summed E-state index contributed by atoms with van der Waals surface area (Å²) in [4.78, 5) is 23.9. The molecule has 0 amide bonds. The van der Waals surface area contributed by atoms with Gasteiger partial charge in [-0.25, -0.2) is 13.2 Å². The van der Waals surface area contributed by atoms with E-state index in [2.05, 4.69) is 14.9 Å². The molecule has 236 valence electrons. The minimum Gasteiger partial charge on any atom is -0.481 e. The maximum atomic E-state index is 16.7. The lowest BCUT2D eigenvalue weighted by Crippen LogP contribution is -2.43. The number of aliphatic carboxylic acids is 1. The van der Waals surface area contributed by atoms with E-state index in [0.717, 1.165) is 30.7 Å². The number of alkyl halides is 1. The molecular formula is C31H30ClF3N6O3S. The van der Waals surface area contributed by atoms with Crippen molar-refractivity contribution in [2.45, 2.75) is 50.2 Å². The van der Waals surface area contributed by atoms with Crippen molar-refractivity contribution in [1.82, 2.24) is 14.9 Å². The third-order valence-electron chi connectivity index (χ3n) is 8.77. The Morgan fingerprint density at radius 2 is 2.16 bits per heavy atom. The normalized spacial score (nSPS) is 19.7. The van der Waals surface area contributed by atoms with Gasteiger partial charge in [0.1, 0.15) is 41.0 Å². The molecule has 2 aromatic heterocycles. The van der Waals surface area contributed by atoms with Crippen molar-refractivity contribution < 1.29 is 27.8 Å². The third-order valence-corrected chi connectivity index (χ3v) is 10.1. The maximum absolute atomic E-state index is 16.7. The van der Waals surface area contributed by atoms with Gasteiger partial charge >= 0.3 is 12.0 Å². The summed E-state index contributed by atoms with van der Waals surface area (Å²) in [6, 6.07) is 5.93. The summed E-state index contributed by atoms with van der Waals surface area (Å²) in [5.74, 6) is -2.00. The minimum atomic E-state index is -0.960. The van der Waals surface area contributed by atoms with Gasteiger partial charge in [-0.3, -0.25) is 9.69 Å². The molecule has 2 aliphatic rings. The van der Waals surface area contributed by atoms with E-state index >= 15 is 4.39 Å². The summed E-state index contributed by atoms with van der Waals surface area (Å²) >= 11 is 7.62. The van der Waals surface area contributed by atoms with Crippen LogP contribution in [0.1, 0.15) is 44.1 Å². The zero-order chi connectivity index (χ0) is 32.0. The Labute approximate surface area is 266 Å². The van der Waals surface area contributed by atoms with Crippen LogP contribution < -0.4 is 15.4 Å². The molecule has 45 heavy (non-hydrogen) atoms. The number of anilines is 2. The summed E-state index contributed by atoms with van der Waals surface area (Å²) in [6.45, 7) is 1.64. The number of hydrogen-bond acceptors (Lipinski definition) is 9. The molecule has 0 aliphatic carbocycles. The summed E-state index contributed by atoms with van der Waals surface area (Å²) in [5.41, 5.74) is 5.54. The van der Waals surface area contributed by atoms with Gasteiger partial charge in [0.2, 0.25) is 0 Å². The number of halogens is 4. The molecule has 0 unspecified atom stereocenters. The van der Waals surface area contributed by atoms with Crippen molar-refractivity contribution >= 4 is 60.7 Å². The van der Waals surface area contributed by atoms with Crippen LogP contribution in [0.2, 0.25) is 5.02 Å². The number of ether oxygens (including phenoxy) is 1. The molecule has 0 spiro atoms. The highest BCUT2D eigenvalue weighted by molar-refractivity contribution is 7.23. The number of hydrogen-bond donors (Lipinski definition) is 2. The summed E-state index contributed by atoms with van der Waals surface area (Å²) in [5, 5.41) is 19.3. The first-order chi connectivity index (χ1) is 21.5. The number of unbranched alkanes of at least 4 members (excludes halogenated alkanes) is 1. The van der Waals surface area contributed by atoms with Crippen LogP contribution in [0.3, 0.4) is 0 Å². The zero-order valence-electron chi connectivity index (χ0n) is 24.4. The molecule has 6 rings (SSSR count). The van der Waals surface area contributed by atoms with Crippen molar-refractivity contribution in [2.75, 3.05) is 43.9 Å². The SMILES string of the molecule is CN(CCCCC(=O)O)c1nc(OC[C@@]23CCCN2C[C@H](F)C3)nc2c(F)c(-c3ccc(F)c4sc(N)c(C#N)c34)c(Cl)cc12. The maximum Gasteiger partial charge on any atom is 0.319 e. The van der Waals surface area contributed by atoms with E-state index in [4.69, 9.17) is 27.2 Å². The van der Waals surface area contributed by atoms with Crippen LogP contribution in [0.25, 0.3) is 32.1 Å². The second-order valence-corrected chi connectivity index (χ2v) is 13.1. The number of carbonyl (C=O) groups is 1. The van der Waals surface area contributed by atoms with Gasteiger partial charge in [0.05, 0.1) is 20.8 Å². The number of nitrogen functional groups attached to an aromatic ring is 1. The molecule has 2 fully saturated rings. The predicted octanol–water partition coefficient (Wildman–Crippen LogP) is 6.54. The van der Waals surface area contributed by atoms with Crippen LogP contribution in [0, 0.1) is 23.0 Å². The van der Waals surface area contributed by atoms with Crippen molar-refractivity contribution in [3.8, 4) is 23.2 Å². The number of fused-ring (bicyclic) bond motifs is 3. The number of carboxylic acid groups (broad SMARTS) is 1. The molecule has 0 radical (unpaired) electrons. The van der Waals surface area contributed by atoms with Crippen molar-refractivity contribution in [3.63, 3.8) is 0 Å². The van der Waals surface area contributed by atoms with Crippen molar-refractivity contribution in [2.24, 2.45) is 0 Å². The number of nitrogens with two attached hydrogens (primary N) is 1. The first kappa shape index (κ1) is 31.1. The number of thiophene rings is 1. The highest BCUT2D eigenvalue weighted by Gasteiger charge is 2.49. The van der Waals surface area contributed by atoms with Crippen LogP contribution >= 0.6 is 22.9 Å². The highest BCUT2D eigenvalue weighted by atomic mass is 35.5. The molecule has 4 heterocycles. The molecule has 2 aromatic carbocycles. The van der Waals surface area contributed by atoms with Gasteiger partial charge in [0, 0.05) is 49.3 Å². The fourth-order valence-electron chi connectivity index (χ4n) is 6.65. The average molecular weight is 659 g/mol. The van der Waals surface area contributed by atoms with Crippen LogP contribution in [0.15, 0.2) is 18.2 Å². The molecule has 14 heteroatoms. The summed E-state index contributed by atoms with van der Waals surface area (Å²) in [7, 11) is 1.74. The van der Waals surface area contributed by atoms with Crippen LogP contribution in [-0.4, -0.2) is 70.9 Å². The number of aromatic nitrogens is 2. The Morgan fingerprint density at radius 1 is 1.36 bits per heavy atom. The fraction of sp³-hybridized carbons (Fsp3) is 0.419. The van der Waals surface area contributed by atoms with E-state index in [-0.39, 0.29) is 66.7 Å². The van der Waals surface area contributed by atoms with E-state index in [1.807, 2.05) is 6.07 Å². The monoisotopic (exact) mass is 658 g/mol. The average Bonchev–Trinajstić information content (AvgIpc) is 3.64. The van der Waals surface area contributed by atoms with Crippen LogP contribution in [-0.2, 0) is 4.79 Å². The Bertz CT molecular complexity index is 1870. The van der Waals surface area contributed by atoms with Crippen molar-refractivity contribution in [3.05, 3.63) is 40.4 Å². The lowest BCUT2D eigenvalue weighted by Gasteiger charge is -2.31. The fourth-order valence-corrected chi connectivity index (χ4v) is 7.89. The topological polar surface area (TPSA) is 129 Å². The predicted molar refractivity (Wildman–Crippen MR) is 168 cm³/mol. The standard InChI is InChI=1S/C31H30ClF3N6O3S/c1-40(9-3-2-5-22(42)43)29-18-11-20(32)24(17-6-7-21(34)27-23(17)19(13-36)28(37)45-27)25(35)26(18)38-30(39-29)44-15-31-8-4-10-41(31)14-16(33)12-31/h6-7,11,16H,2-5,8-10,12,14-15,37H2,1H3,(H,42,43)/t16-,31+/m1/s1. The zero-order valence-corrected chi connectivity index (χ0v) is 26.0. The lowest BCUT2D eigenvalue weighted by molar-refractivity contribution is -0.137. The Hall–Kier alpha value is -3.86. The third kappa shape index (κ3) is 5.60. The Kier molecular flexibility index (Phi) is 8.41. The van der Waals surface area contributed by atoms with Gasteiger partial charge in [0.15, 0.2) is 5.82 Å². The molecule has 0 saturated carbocycles. The molecule has 4 aromatic rings. The van der Waals surface area contributed by atoms with E-state index in [1.54, 1.807) is 11.9 Å². The van der Waals surface area contributed by atoms with Gasteiger partial charge in [-0.15, -0.1) is 11.3 Å². The molecule has 9 nitrogen and oxygen atoms in total. The van der Waals surface area contributed by atoms with Gasteiger partial charge in [0.25, 0.3) is 0 Å². The molecule has 0 bridgehead atoms. The minimum absolute atomic E-state index is 0.00854. The summed E-state index contributed by atoms with van der Waals surface area (Å²) in [6.07, 6.45) is 2.01. The van der Waals surface area contributed by atoms with Crippen LogP contribution in [0.5, 0.6) is 6.01 Å². The summed E-state index contributed by atoms with van der Waals surface area (Å²) < 4.78 is 52.1. The smallest absolute Gasteiger partial charge is 0.319 e. The Morgan fingerprint density at radius 3 is 2.91 bits per heavy atom. The van der Waals surface area contributed by atoms with Gasteiger partial charge in [-0.05, 0) is 49.9 Å². The first-order valence-electron chi connectivity index (χ1n) is 14.6. The second kappa shape index (κ2) is 12.2. The Balaban J connectivity index is 1.47. The number of nitriles is 1. The van der Waals surface area contributed by atoms with Gasteiger partial charge in [-0.2, -0.15) is 15.2 Å². The van der Waals surface area contributed by atoms with Crippen molar-refractivity contribution in [1.29, 1.82) is 5.26 Å². The van der Waals surface area contributed by atoms with Crippen LogP contribution in [0.4, 0.5) is 24.0 Å². The first-order valence-corrected chi connectivity index (χ1v) is 15.8. The van der Waals surface area contributed by atoms with E-state index in [0.29, 0.717) is 38.2 Å². The molecule has 3 N–H and O–H groups in total. The second-order valence-electron chi connectivity index (χ2n) is 11.7. The highest BCUT2D eigenvalue weighted by Crippen LogP contribution is 2.46. The van der Waals surface area contributed by atoms with E-state index < -0.39 is 29.3 Å². The lowest BCUT2D eigenvalue weighted by atomic mass is 9.95. The molecule has 2 aliphatic heterocycles. The number of carboxylic acids is 1. The molecule has 2 atom stereocenters. The number of rotatable bonds is 10. The van der Waals surface area contributed by atoms with Gasteiger partial charge < -0.3 is 20.5 Å². The molecule has 2 saturated heterocycles. The molecular weight excluding hydrogens is 629 g/mol. The largest absolute Gasteiger partial charge is 0.481 e. The number of benzene rings is 2. The van der Waals surface area contributed by atoms with E-state index in [9.17, 15) is 18.8 Å².